The Kier molecular flexibility index (Phi) is 6.62. The molecule has 0 saturated heterocycles. The van der Waals surface area contributed by atoms with Crippen molar-refractivity contribution in [3.63, 3.8) is 0 Å². The Morgan fingerprint density at radius 3 is 2.34 bits per heavy atom. The van der Waals surface area contributed by atoms with Crippen LogP contribution in [0.4, 0.5) is 13.2 Å². The number of ether oxygens (including phenoxy) is 1. The molecule has 0 bridgehead atoms. The fourth-order valence-corrected chi connectivity index (χ4v) is 4.21. The summed E-state index contributed by atoms with van der Waals surface area (Å²) in [6.45, 7) is 0.218. The molecule has 182 valence electrons. The van der Waals surface area contributed by atoms with Gasteiger partial charge in [0.15, 0.2) is 5.71 Å². The highest BCUT2D eigenvalue weighted by molar-refractivity contribution is 6.30. The number of nitrogens with zero attached hydrogens (tertiary/aromatic N) is 2. The zero-order valence-electron chi connectivity index (χ0n) is 18.5. The van der Waals surface area contributed by atoms with E-state index in [0.717, 1.165) is 5.56 Å². The van der Waals surface area contributed by atoms with Crippen molar-refractivity contribution in [2.75, 3.05) is 7.05 Å². The lowest BCUT2D eigenvalue weighted by Gasteiger charge is -2.27. The van der Waals surface area contributed by atoms with E-state index in [1.807, 2.05) is 0 Å². The number of hydrazone groups is 1. The van der Waals surface area contributed by atoms with Gasteiger partial charge >= 0.3 is 6.18 Å². The first-order valence-electron chi connectivity index (χ1n) is 10.5. The van der Waals surface area contributed by atoms with Crippen LogP contribution in [-0.2, 0) is 6.61 Å². The lowest BCUT2D eigenvalue weighted by atomic mass is 9.83. The number of amides is 1. The zero-order chi connectivity index (χ0) is 25.3. The third kappa shape index (κ3) is 5.19. The number of benzene rings is 3. The number of likely N-dealkylation sites (N-methyl/N-ethyl adjacent to an activating group) is 1. The Balaban J connectivity index is 1.64. The molecule has 2 atom stereocenters. The number of primary amides is 1. The highest BCUT2D eigenvalue weighted by Crippen LogP contribution is 2.48. The molecular weight excluding hydrogens is 483 g/mol. The van der Waals surface area contributed by atoms with E-state index in [0.29, 0.717) is 10.8 Å². The van der Waals surface area contributed by atoms with Gasteiger partial charge in [-0.05, 0) is 47.5 Å². The first-order chi connectivity index (χ1) is 16.5. The number of carbonyl (C=O) groups excluding carboxylic acids is 1. The third-order valence-electron chi connectivity index (χ3n) is 5.76. The fourth-order valence-electron chi connectivity index (χ4n) is 4.08. The number of halogens is 4. The Hall–Kier alpha value is -3.72. The van der Waals surface area contributed by atoms with Crippen molar-refractivity contribution >= 4 is 23.2 Å². The molecule has 6 nitrogen and oxygen atoms in total. The van der Waals surface area contributed by atoms with Gasteiger partial charge in [-0.2, -0.15) is 18.3 Å². The van der Waals surface area contributed by atoms with Crippen molar-refractivity contribution in [1.82, 2.24) is 5.01 Å². The van der Waals surface area contributed by atoms with Crippen LogP contribution in [0.15, 0.2) is 71.8 Å². The van der Waals surface area contributed by atoms with Crippen molar-refractivity contribution in [3.8, 4) is 11.5 Å². The molecule has 1 heterocycles. The minimum atomic E-state index is -4.70. The van der Waals surface area contributed by atoms with E-state index < -0.39 is 29.8 Å². The van der Waals surface area contributed by atoms with Gasteiger partial charge in [-0.15, -0.1) is 0 Å². The van der Waals surface area contributed by atoms with E-state index in [2.05, 4.69) is 5.10 Å². The summed E-state index contributed by atoms with van der Waals surface area (Å²) < 4.78 is 47.4. The molecular formula is C25H21ClF3N3O3. The molecule has 0 radical (unpaired) electrons. The average Bonchev–Trinajstić information content (AvgIpc) is 3.16. The lowest BCUT2D eigenvalue weighted by Crippen LogP contribution is -2.30. The predicted molar refractivity (Wildman–Crippen MR) is 126 cm³/mol. The van der Waals surface area contributed by atoms with E-state index in [9.17, 15) is 23.1 Å². The number of hydrogen-bond donors (Lipinski definition) is 2. The molecule has 0 aromatic heterocycles. The summed E-state index contributed by atoms with van der Waals surface area (Å²) in [5, 5.41) is 16.3. The number of carbonyl (C=O) groups is 1. The van der Waals surface area contributed by atoms with Gasteiger partial charge in [0.1, 0.15) is 18.1 Å². The van der Waals surface area contributed by atoms with Crippen LogP contribution in [0, 0.1) is 0 Å². The maximum Gasteiger partial charge on any atom is 0.431 e. The number of phenolic OH excluding ortho intramolecular Hbond substituents is 1. The van der Waals surface area contributed by atoms with Crippen LogP contribution in [0.1, 0.15) is 39.0 Å². The molecule has 35 heavy (non-hydrogen) atoms. The number of hydrogen-bond acceptors (Lipinski definition) is 5. The quantitative estimate of drug-likeness (QED) is 0.470. The van der Waals surface area contributed by atoms with E-state index in [-0.39, 0.29) is 29.0 Å². The average molecular weight is 504 g/mol. The van der Waals surface area contributed by atoms with Crippen molar-refractivity contribution in [2.24, 2.45) is 10.8 Å². The lowest BCUT2D eigenvalue weighted by molar-refractivity contribution is -0.0610. The Bertz CT molecular complexity index is 1260. The van der Waals surface area contributed by atoms with Gasteiger partial charge in [0.2, 0.25) is 5.91 Å². The number of rotatable bonds is 6. The Morgan fingerprint density at radius 2 is 1.77 bits per heavy atom. The van der Waals surface area contributed by atoms with E-state index in [1.54, 1.807) is 30.3 Å². The van der Waals surface area contributed by atoms with Gasteiger partial charge in [-0.1, -0.05) is 35.9 Å². The van der Waals surface area contributed by atoms with Crippen LogP contribution < -0.4 is 10.5 Å². The van der Waals surface area contributed by atoms with E-state index >= 15 is 0 Å². The summed E-state index contributed by atoms with van der Waals surface area (Å²) in [7, 11) is 1.42. The van der Waals surface area contributed by atoms with Crippen molar-refractivity contribution < 1.29 is 27.8 Å². The predicted octanol–water partition coefficient (Wildman–Crippen LogP) is 5.41. The topological polar surface area (TPSA) is 88.2 Å². The largest absolute Gasteiger partial charge is 0.507 e. The minimum Gasteiger partial charge on any atom is -0.507 e. The Morgan fingerprint density at radius 1 is 1.11 bits per heavy atom. The first kappa shape index (κ1) is 24.4. The smallest absolute Gasteiger partial charge is 0.431 e. The standard InChI is InChI=1S/C25H21ClF3N3O3/c1-32-22(19-11-10-18(12-20(19)33)35-13-14-2-8-17(26)9-3-14)21(23(31-32)25(27,28)29)15-4-6-16(7-5-15)24(30)34/h2-12,21-22,33H,13H2,1H3,(H2,30,34). The normalized spacial score (nSPS) is 17.9. The van der Waals surface area contributed by atoms with E-state index in [4.69, 9.17) is 22.1 Å². The molecule has 1 aliphatic heterocycles. The monoisotopic (exact) mass is 503 g/mol. The fraction of sp³-hybridized carbons (Fsp3) is 0.200. The molecule has 10 heteroatoms. The summed E-state index contributed by atoms with van der Waals surface area (Å²) in [5.74, 6) is -1.81. The molecule has 0 saturated carbocycles. The SMILES string of the molecule is CN1N=C(C(F)(F)F)C(c2ccc(C(N)=O)cc2)C1c1ccc(OCc2ccc(Cl)cc2)cc1O. The van der Waals surface area contributed by atoms with Crippen LogP contribution in [0.5, 0.6) is 11.5 Å². The van der Waals surface area contributed by atoms with Crippen molar-refractivity contribution in [3.05, 3.63) is 94.0 Å². The van der Waals surface area contributed by atoms with Crippen LogP contribution in [0.25, 0.3) is 0 Å². The molecule has 3 aromatic rings. The second kappa shape index (κ2) is 9.50. The second-order valence-corrected chi connectivity index (χ2v) is 8.54. The molecule has 0 aliphatic carbocycles. The highest BCUT2D eigenvalue weighted by Gasteiger charge is 2.50. The van der Waals surface area contributed by atoms with E-state index in [1.165, 1.54) is 48.5 Å². The van der Waals surface area contributed by atoms with Gasteiger partial charge in [0, 0.05) is 29.3 Å². The van der Waals surface area contributed by atoms with Crippen molar-refractivity contribution in [2.45, 2.75) is 24.7 Å². The zero-order valence-corrected chi connectivity index (χ0v) is 19.2. The Labute approximate surface area is 204 Å². The van der Waals surface area contributed by atoms with Gasteiger partial charge in [0.25, 0.3) is 0 Å². The van der Waals surface area contributed by atoms with Gasteiger partial charge in [0.05, 0.1) is 12.0 Å². The van der Waals surface area contributed by atoms with Crippen molar-refractivity contribution in [1.29, 1.82) is 0 Å². The van der Waals surface area contributed by atoms with Crippen LogP contribution in [0.3, 0.4) is 0 Å². The highest BCUT2D eigenvalue weighted by atomic mass is 35.5. The van der Waals surface area contributed by atoms with Gasteiger partial charge < -0.3 is 15.6 Å². The maximum atomic E-state index is 13.9. The summed E-state index contributed by atoms with van der Waals surface area (Å²) in [5.41, 5.74) is 5.81. The molecule has 4 rings (SSSR count). The molecule has 1 amide bonds. The number of alkyl halides is 3. The maximum absolute atomic E-state index is 13.9. The van der Waals surface area contributed by atoms with Crippen LogP contribution >= 0.6 is 11.6 Å². The summed E-state index contributed by atoms with van der Waals surface area (Å²) >= 11 is 5.88. The molecule has 3 N–H and O–H groups in total. The number of aromatic hydroxyl groups is 1. The summed E-state index contributed by atoms with van der Waals surface area (Å²) in [6, 6.07) is 16.1. The van der Waals surface area contributed by atoms with Gasteiger partial charge in [-0.25, -0.2) is 0 Å². The number of nitrogens with two attached hydrogens (primary N) is 1. The first-order valence-corrected chi connectivity index (χ1v) is 10.9. The summed E-state index contributed by atoms with van der Waals surface area (Å²) in [6.07, 6.45) is -4.70. The molecule has 1 aliphatic rings. The summed E-state index contributed by atoms with van der Waals surface area (Å²) in [4.78, 5) is 11.4. The number of phenols is 1. The molecule has 0 fully saturated rings. The van der Waals surface area contributed by atoms with Crippen LogP contribution in [0.2, 0.25) is 5.02 Å². The second-order valence-electron chi connectivity index (χ2n) is 8.10. The molecule has 2 unspecified atom stereocenters. The minimum absolute atomic E-state index is 0.173. The third-order valence-corrected chi connectivity index (χ3v) is 6.01. The van der Waals surface area contributed by atoms with Gasteiger partial charge in [-0.3, -0.25) is 9.80 Å². The van der Waals surface area contributed by atoms with Crippen LogP contribution in [-0.4, -0.2) is 35.0 Å². The molecule has 0 spiro atoms. The molecule has 3 aromatic carbocycles.